The van der Waals surface area contributed by atoms with Gasteiger partial charge in [-0.1, -0.05) is 0 Å². The molecule has 1 aliphatic heterocycles. The number of halogens is 1. The number of hydrogen-bond acceptors (Lipinski definition) is 4. The maximum Gasteiger partial charge on any atom is 0.274 e. The summed E-state index contributed by atoms with van der Waals surface area (Å²) >= 11 is 0. The Hall–Kier alpha value is -1.53. The molecule has 1 aromatic carbocycles. The van der Waals surface area contributed by atoms with E-state index >= 15 is 0 Å². The lowest BCUT2D eigenvalue weighted by molar-refractivity contribution is -0.385. The third-order valence-corrected chi connectivity index (χ3v) is 3.91. The molecule has 0 radical (unpaired) electrons. The van der Waals surface area contributed by atoms with Crippen molar-refractivity contribution in [2.45, 2.75) is 25.8 Å². The van der Waals surface area contributed by atoms with Crippen molar-refractivity contribution in [2.75, 3.05) is 19.6 Å². The van der Waals surface area contributed by atoms with E-state index in [1.165, 1.54) is 12.1 Å². The summed E-state index contributed by atoms with van der Waals surface area (Å²) in [7, 11) is 0. The lowest BCUT2D eigenvalue weighted by Crippen LogP contribution is -2.34. The Morgan fingerprint density at radius 3 is 2.70 bits per heavy atom. The van der Waals surface area contributed by atoms with Crippen LogP contribution in [0, 0.1) is 21.8 Å². The van der Waals surface area contributed by atoms with Crippen LogP contribution in [-0.2, 0) is 6.54 Å². The number of rotatable bonds is 5. The summed E-state index contributed by atoms with van der Waals surface area (Å²) in [6.45, 7) is 2.92. The molecule has 5 nitrogen and oxygen atoms in total. The van der Waals surface area contributed by atoms with Crippen molar-refractivity contribution in [3.05, 3.63) is 39.7 Å². The average Bonchev–Trinajstić information content (AvgIpc) is 2.41. The molecule has 6 heteroatoms. The van der Waals surface area contributed by atoms with Crippen molar-refractivity contribution >= 4 is 5.69 Å². The van der Waals surface area contributed by atoms with Crippen LogP contribution in [0.25, 0.3) is 0 Å². The van der Waals surface area contributed by atoms with Crippen molar-refractivity contribution in [1.29, 1.82) is 0 Å². The van der Waals surface area contributed by atoms with Crippen molar-refractivity contribution in [3.8, 4) is 0 Å². The molecule has 0 bridgehead atoms. The van der Waals surface area contributed by atoms with Crippen LogP contribution in [0.15, 0.2) is 18.2 Å². The fraction of sp³-hybridized carbons (Fsp3) is 0.571. The smallest absolute Gasteiger partial charge is 0.274 e. The van der Waals surface area contributed by atoms with Gasteiger partial charge in [0.25, 0.3) is 5.69 Å². The second kappa shape index (κ2) is 6.76. The second-order valence-corrected chi connectivity index (χ2v) is 5.33. The van der Waals surface area contributed by atoms with Crippen LogP contribution in [0.1, 0.15) is 24.8 Å². The van der Waals surface area contributed by atoms with Crippen LogP contribution in [0.3, 0.4) is 0 Å². The van der Waals surface area contributed by atoms with E-state index in [-0.39, 0.29) is 5.69 Å². The monoisotopic (exact) mass is 281 g/mol. The number of nitro benzene ring substituents is 1. The van der Waals surface area contributed by atoms with Gasteiger partial charge in [-0.2, -0.15) is 0 Å². The van der Waals surface area contributed by atoms with Gasteiger partial charge < -0.3 is 5.73 Å². The standard InChI is InChI=1S/C14H20FN3O2/c15-13-1-2-14(18(19)20)12(9-13)10-17-7-4-11(3-6-16)5-8-17/h1-2,9,11H,3-8,10,16H2. The van der Waals surface area contributed by atoms with E-state index in [1.807, 2.05) is 0 Å². The molecule has 0 spiro atoms. The zero-order valence-corrected chi connectivity index (χ0v) is 11.4. The minimum atomic E-state index is -0.448. The quantitative estimate of drug-likeness (QED) is 0.664. The first kappa shape index (κ1) is 14.9. The lowest BCUT2D eigenvalue weighted by Gasteiger charge is -2.31. The lowest BCUT2D eigenvalue weighted by atomic mass is 9.93. The summed E-state index contributed by atoms with van der Waals surface area (Å²) < 4.78 is 13.3. The first-order valence-corrected chi connectivity index (χ1v) is 6.95. The fourth-order valence-corrected chi connectivity index (χ4v) is 2.77. The van der Waals surface area contributed by atoms with E-state index in [0.29, 0.717) is 24.6 Å². The van der Waals surface area contributed by atoms with Crippen LogP contribution >= 0.6 is 0 Å². The summed E-state index contributed by atoms with van der Waals surface area (Å²) in [6, 6.07) is 3.64. The average molecular weight is 281 g/mol. The minimum Gasteiger partial charge on any atom is -0.330 e. The molecule has 20 heavy (non-hydrogen) atoms. The van der Waals surface area contributed by atoms with E-state index in [4.69, 9.17) is 5.73 Å². The molecule has 0 aromatic heterocycles. The maximum atomic E-state index is 13.3. The number of benzene rings is 1. The third-order valence-electron chi connectivity index (χ3n) is 3.91. The number of nitro groups is 1. The highest BCUT2D eigenvalue weighted by atomic mass is 19.1. The molecule has 2 rings (SSSR count). The molecule has 1 aliphatic rings. The number of piperidine rings is 1. The molecule has 2 N–H and O–H groups in total. The zero-order valence-electron chi connectivity index (χ0n) is 11.4. The molecule has 1 heterocycles. The summed E-state index contributed by atoms with van der Waals surface area (Å²) in [5.41, 5.74) is 6.00. The van der Waals surface area contributed by atoms with Gasteiger partial charge in [0.05, 0.1) is 4.92 Å². The Kier molecular flexibility index (Phi) is 5.03. The molecular weight excluding hydrogens is 261 g/mol. The number of nitrogens with two attached hydrogens (primary N) is 1. The summed E-state index contributed by atoms with van der Waals surface area (Å²) in [5.74, 6) is 0.224. The summed E-state index contributed by atoms with van der Waals surface area (Å²) in [4.78, 5) is 12.7. The molecule has 1 fully saturated rings. The van der Waals surface area contributed by atoms with Crippen molar-refractivity contribution in [2.24, 2.45) is 11.7 Å². The maximum absolute atomic E-state index is 13.3. The molecule has 1 saturated heterocycles. The molecule has 1 aromatic rings. The number of hydrogen-bond donors (Lipinski definition) is 1. The minimum absolute atomic E-state index is 0.00418. The molecule has 0 aliphatic carbocycles. The van der Waals surface area contributed by atoms with Gasteiger partial charge in [-0.25, -0.2) is 4.39 Å². The molecule has 0 unspecified atom stereocenters. The van der Waals surface area contributed by atoms with Gasteiger partial charge in [0.1, 0.15) is 5.82 Å². The van der Waals surface area contributed by atoms with Gasteiger partial charge in [-0.05, 0) is 56.9 Å². The van der Waals surface area contributed by atoms with Gasteiger partial charge in [0.2, 0.25) is 0 Å². The van der Waals surface area contributed by atoms with Gasteiger partial charge in [0, 0.05) is 18.2 Å². The predicted octanol–water partition coefficient (Wildman–Crippen LogP) is 2.29. The second-order valence-electron chi connectivity index (χ2n) is 5.33. The summed E-state index contributed by atoms with van der Waals surface area (Å²) in [6.07, 6.45) is 3.15. The molecule has 0 atom stereocenters. The van der Waals surface area contributed by atoms with E-state index in [0.717, 1.165) is 38.4 Å². The molecular formula is C14H20FN3O2. The molecule has 0 saturated carbocycles. The van der Waals surface area contributed by atoms with Gasteiger partial charge in [-0.15, -0.1) is 0 Å². The molecule has 110 valence electrons. The highest BCUT2D eigenvalue weighted by Gasteiger charge is 2.22. The van der Waals surface area contributed by atoms with Gasteiger partial charge in [0.15, 0.2) is 0 Å². The first-order valence-electron chi connectivity index (χ1n) is 6.95. The normalized spacial score (nSPS) is 17.3. The largest absolute Gasteiger partial charge is 0.330 e. The van der Waals surface area contributed by atoms with Crippen LogP contribution in [-0.4, -0.2) is 29.5 Å². The Morgan fingerprint density at radius 2 is 2.10 bits per heavy atom. The van der Waals surface area contributed by atoms with Crippen molar-refractivity contribution in [3.63, 3.8) is 0 Å². The number of nitrogens with zero attached hydrogens (tertiary/aromatic N) is 2. The topological polar surface area (TPSA) is 72.4 Å². The molecule has 0 amide bonds. The Balaban J connectivity index is 2.00. The highest BCUT2D eigenvalue weighted by molar-refractivity contribution is 5.40. The summed E-state index contributed by atoms with van der Waals surface area (Å²) in [5, 5.41) is 11.0. The van der Waals surface area contributed by atoms with Gasteiger partial charge >= 0.3 is 0 Å². The fourth-order valence-electron chi connectivity index (χ4n) is 2.77. The SMILES string of the molecule is NCCC1CCN(Cc2cc(F)ccc2[N+](=O)[O-])CC1. The van der Waals surface area contributed by atoms with E-state index in [9.17, 15) is 14.5 Å². The zero-order chi connectivity index (χ0) is 14.5. The van der Waals surface area contributed by atoms with Crippen LogP contribution < -0.4 is 5.73 Å². The highest BCUT2D eigenvalue weighted by Crippen LogP contribution is 2.25. The van der Waals surface area contributed by atoms with E-state index < -0.39 is 10.7 Å². The van der Waals surface area contributed by atoms with Crippen LogP contribution in [0.2, 0.25) is 0 Å². The predicted molar refractivity (Wildman–Crippen MR) is 74.7 cm³/mol. The van der Waals surface area contributed by atoms with E-state index in [1.54, 1.807) is 0 Å². The van der Waals surface area contributed by atoms with Gasteiger partial charge in [-0.3, -0.25) is 15.0 Å². The third kappa shape index (κ3) is 3.74. The Morgan fingerprint density at radius 1 is 1.40 bits per heavy atom. The van der Waals surface area contributed by atoms with Crippen LogP contribution in [0.4, 0.5) is 10.1 Å². The Labute approximate surface area is 117 Å². The van der Waals surface area contributed by atoms with Crippen molar-refractivity contribution < 1.29 is 9.31 Å². The first-order chi connectivity index (χ1) is 9.60. The van der Waals surface area contributed by atoms with E-state index in [2.05, 4.69) is 4.90 Å². The van der Waals surface area contributed by atoms with Crippen LogP contribution in [0.5, 0.6) is 0 Å². The number of likely N-dealkylation sites (tertiary alicyclic amines) is 1. The Bertz CT molecular complexity index is 473. The van der Waals surface area contributed by atoms with Crippen molar-refractivity contribution in [1.82, 2.24) is 4.90 Å².